The molecule has 1 saturated heterocycles. The molecule has 98 heavy (non-hydrogen) atoms. The topological polar surface area (TPSA) is 312 Å². The number of esters is 6. The number of urea groups is 1. The van der Waals surface area contributed by atoms with Gasteiger partial charge in [0.2, 0.25) is 17.7 Å². The molecule has 2 heterocycles. The van der Waals surface area contributed by atoms with E-state index in [9.17, 15) is 47.9 Å². The third-order valence-corrected chi connectivity index (χ3v) is 15.5. The number of ether oxygens (including phenoxy) is 6. The van der Waals surface area contributed by atoms with Crippen LogP contribution >= 0.6 is 0 Å². The number of nitrogens with one attached hydrogen (secondary N) is 5. The lowest BCUT2D eigenvalue weighted by Crippen LogP contribution is -2.53. The second-order valence-electron chi connectivity index (χ2n) is 31.9. The number of fused-ring (bicyclic) bond motifs is 1. The summed E-state index contributed by atoms with van der Waals surface area (Å²) in [4.78, 5) is 147. The molecule has 0 bridgehead atoms. The number of amides is 5. The summed E-state index contributed by atoms with van der Waals surface area (Å²) in [5, 5.41) is 16.3. The van der Waals surface area contributed by atoms with E-state index in [2.05, 4.69) is 31.6 Å². The third-order valence-electron chi connectivity index (χ3n) is 15.5. The third kappa shape index (κ3) is 35.7. The quantitative estimate of drug-likeness (QED) is 0.0359. The molecule has 1 aliphatic carbocycles. The number of hydrogen-bond donors (Lipinski definition) is 5. The van der Waals surface area contributed by atoms with Gasteiger partial charge in [-0.3, -0.25) is 58.1 Å². The van der Waals surface area contributed by atoms with Crippen LogP contribution in [0.3, 0.4) is 0 Å². The predicted molar refractivity (Wildman–Crippen MR) is 372 cm³/mol. The maximum Gasteiger partial charge on any atom is 0.329 e. The summed E-state index contributed by atoms with van der Waals surface area (Å²) >= 11 is 0. The van der Waals surface area contributed by atoms with Crippen LogP contribution in [-0.4, -0.2) is 228 Å². The highest BCUT2D eigenvalue weighted by molar-refractivity contribution is 5.90. The first-order chi connectivity index (χ1) is 45.3. The molecule has 1 aliphatic heterocycles. The van der Waals surface area contributed by atoms with E-state index in [4.69, 9.17) is 28.4 Å². The molecule has 26 heteroatoms. The molecule has 2 aromatic rings. The van der Waals surface area contributed by atoms with Gasteiger partial charge in [0.25, 0.3) is 0 Å². The zero-order chi connectivity index (χ0) is 73.4. The van der Waals surface area contributed by atoms with Crippen molar-refractivity contribution in [3.05, 3.63) is 42.2 Å². The van der Waals surface area contributed by atoms with Gasteiger partial charge >= 0.3 is 41.8 Å². The highest BCUT2D eigenvalue weighted by Gasteiger charge is 2.34. The molecular formula is C72H118N10O16. The Morgan fingerprint density at radius 2 is 0.898 bits per heavy atom. The minimum absolute atomic E-state index is 0.00365. The minimum Gasteiger partial charge on any atom is -0.460 e. The molecule has 1 aromatic carbocycles. The Kier molecular flexibility index (Phi) is 32.3. The molecule has 2 aliphatic rings. The largest absolute Gasteiger partial charge is 0.460 e. The Bertz CT molecular complexity index is 2920. The SMILES string of the molecule is CC(C)(C)OC(=O)CC[C@H](NC(=O)N[C@@H](CCCCNC(=O)[C@@H](Cc1ccc2ccncc2c1)NC(=O)C1CCC(CNC(=O)CN2CCN(CC(=O)OC(C)(C)C)CCN(CC(=O)OC(C)(C)C)CCN(CC(=O)OC(C)(C)C)CC2)CC1)C(=O)OC(C)(C)C)C(=O)OC(C)(C)C. The van der Waals surface area contributed by atoms with Crippen molar-refractivity contribution >= 4 is 70.3 Å². The smallest absolute Gasteiger partial charge is 0.329 e. The van der Waals surface area contributed by atoms with Crippen LogP contribution in [0, 0.1) is 11.8 Å². The van der Waals surface area contributed by atoms with Gasteiger partial charge in [-0.1, -0.05) is 12.1 Å². The van der Waals surface area contributed by atoms with E-state index in [0.29, 0.717) is 97.4 Å². The van der Waals surface area contributed by atoms with E-state index in [-0.39, 0.29) is 82.1 Å². The van der Waals surface area contributed by atoms with Crippen LogP contribution in [0.1, 0.15) is 188 Å². The summed E-state index contributed by atoms with van der Waals surface area (Å²) in [6, 6.07) is 3.44. The van der Waals surface area contributed by atoms with Crippen LogP contribution in [-0.2, 0) is 78.0 Å². The average molecular weight is 1380 g/mol. The molecular weight excluding hydrogens is 1260 g/mol. The highest BCUT2D eigenvalue weighted by atomic mass is 16.6. The Balaban J connectivity index is 1.41. The van der Waals surface area contributed by atoms with Gasteiger partial charge in [0.15, 0.2) is 0 Å². The Hall–Kier alpha value is -7.03. The van der Waals surface area contributed by atoms with Gasteiger partial charge in [-0.25, -0.2) is 14.4 Å². The average Bonchev–Trinajstić information content (AvgIpc) is 0.835. The molecule has 3 atom stereocenters. The maximum atomic E-state index is 14.2. The first-order valence-corrected chi connectivity index (χ1v) is 34.8. The minimum atomic E-state index is -1.26. The fourth-order valence-electron chi connectivity index (χ4n) is 11.1. The predicted octanol–water partition coefficient (Wildman–Crippen LogP) is 6.56. The molecule has 1 aromatic heterocycles. The molecule has 0 spiro atoms. The van der Waals surface area contributed by atoms with Gasteiger partial charge in [-0.05, 0) is 205 Å². The van der Waals surface area contributed by atoms with E-state index >= 15 is 0 Å². The number of carbonyl (C=O) groups is 10. The molecule has 4 rings (SSSR count). The van der Waals surface area contributed by atoms with E-state index in [1.807, 2.05) is 106 Å². The second-order valence-corrected chi connectivity index (χ2v) is 31.9. The number of benzene rings is 1. The van der Waals surface area contributed by atoms with Crippen LogP contribution < -0.4 is 26.6 Å². The van der Waals surface area contributed by atoms with E-state index in [1.165, 1.54) is 0 Å². The van der Waals surface area contributed by atoms with Crippen molar-refractivity contribution in [2.45, 2.75) is 241 Å². The van der Waals surface area contributed by atoms with Crippen molar-refractivity contribution in [3.63, 3.8) is 0 Å². The second kappa shape index (κ2) is 38.0. The van der Waals surface area contributed by atoms with E-state index in [0.717, 1.165) is 16.3 Å². The fraction of sp³-hybridized carbons (Fsp3) is 0.736. The molecule has 26 nitrogen and oxygen atoms in total. The van der Waals surface area contributed by atoms with Gasteiger partial charge in [0.05, 0.1) is 26.2 Å². The monoisotopic (exact) mass is 1380 g/mol. The zero-order valence-electron chi connectivity index (χ0n) is 62.1. The summed E-state index contributed by atoms with van der Waals surface area (Å²) in [6.45, 7) is 35.4. The first kappa shape index (κ1) is 83.4. The molecule has 0 unspecified atom stereocenters. The number of hydrogen-bond acceptors (Lipinski definition) is 21. The van der Waals surface area contributed by atoms with Crippen molar-refractivity contribution in [3.8, 4) is 0 Å². The lowest BCUT2D eigenvalue weighted by atomic mass is 9.81. The normalized spacial score (nSPS) is 18.0. The summed E-state index contributed by atoms with van der Waals surface area (Å²) in [5.74, 6) is -4.41. The number of carbonyl (C=O) groups excluding carboxylic acids is 10. The van der Waals surface area contributed by atoms with Crippen LogP contribution in [0.25, 0.3) is 10.8 Å². The lowest BCUT2D eigenvalue weighted by molar-refractivity contribution is -0.159. The standard InChI is InChI=1S/C72H118N10O16/c1-67(2,3)93-58(84)29-28-55(65(91)98-72(16,17)18)78-66(92)77-54(64(90)97-71(13,14)15)21-19-20-31-74-63(89)56(42-50-24-25-51-30-32-73-44-53(51)41-50)76-62(88)52-26-22-49(23-27-52)43-75-57(83)45-79-33-35-80(46-59(85)94-68(4,5)6)37-39-82(48-61(87)96-70(10,11)12)40-38-81(36-34-79)47-60(86)95-69(7,8)9/h24-25,30,32,41,44,49,52,54-56H,19-23,26-29,31,33-40,42-43,45-48H2,1-18H3,(H,74,89)(H,75,83)(H,76,88)(H2,77,78,92)/t49?,52?,54-,55-,56+/m0/s1. The molecule has 1 saturated carbocycles. The van der Waals surface area contributed by atoms with E-state index < -0.39 is 99.4 Å². The van der Waals surface area contributed by atoms with Gasteiger partial charge in [0.1, 0.15) is 51.7 Å². The van der Waals surface area contributed by atoms with Crippen LogP contribution in [0.15, 0.2) is 36.7 Å². The summed E-state index contributed by atoms with van der Waals surface area (Å²) in [5.41, 5.74) is -3.87. The number of nitrogens with zero attached hydrogens (tertiary/aromatic N) is 5. The van der Waals surface area contributed by atoms with Crippen LogP contribution in [0.2, 0.25) is 0 Å². The summed E-state index contributed by atoms with van der Waals surface area (Å²) in [7, 11) is 0. The molecule has 0 radical (unpaired) electrons. The van der Waals surface area contributed by atoms with Crippen LogP contribution in [0.5, 0.6) is 0 Å². The molecule has 5 N–H and O–H groups in total. The van der Waals surface area contributed by atoms with E-state index in [1.54, 1.807) is 74.7 Å². The van der Waals surface area contributed by atoms with Gasteiger partial charge in [-0.15, -0.1) is 0 Å². The number of aromatic nitrogens is 1. The summed E-state index contributed by atoms with van der Waals surface area (Å²) in [6.07, 6.45) is 6.46. The van der Waals surface area contributed by atoms with Crippen molar-refractivity contribution in [1.82, 2.24) is 51.2 Å². The summed E-state index contributed by atoms with van der Waals surface area (Å²) < 4.78 is 33.7. The molecule has 552 valence electrons. The molecule has 5 amide bonds. The Morgan fingerprint density at radius 3 is 1.35 bits per heavy atom. The number of pyridine rings is 1. The van der Waals surface area contributed by atoms with Gasteiger partial charge in [-0.2, -0.15) is 0 Å². The van der Waals surface area contributed by atoms with Crippen molar-refractivity contribution in [2.75, 3.05) is 91.6 Å². The Morgan fingerprint density at radius 1 is 0.469 bits per heavy atom. The Labute approximate surface area is 581 Å². The molecule has 2 fully saturated rings. The van der Waals surface area contributed by atoms with Gasteiger partial charge < -0.3 is 55.0 Å². The number of rotatable bonds is 27. The van der Waals surface area contributed by atoms with Crippen LogP contribution in [0.4, 0.5) is 4.79 Å². The van der Waals surface area contributed by atoms with Crippen molar-refractivity contribution in [2.24, 2.45) is 11.8 Å². The lowest BCUT2D eigenvalue weighted by Gasteiger charge is -2.34. The fourth-order valence-corrected chi connectivity index (χ4v) is 11.1. The van der Waals surface area contributed by atoms with Crippen molar-refractivity contribution in [1.29, 1.82) is 0 Å². The zero-order valence-corrected chi connectivity index (χ0v) is 62.1. The van der Waals surface area contributed by atoms with Crippen molar-refractivity contribution < 1.29 is 76.4 Å². The van der Waals surface area contributed by atoms with Gasteiger partial charge in [0, 0.05) is 102 Å². The first-order valence-electron chi connectivity index (χ1n) is 34.8. The maximum absolute atomic E-state index is 14.2. The highest BCUT2D eigenvalue weighted by Crippen LogP contribution is 2.29. The number of unbranched alkanes of at least 4 members (excludes halogenated alkanes) is 1.